The molecule has 1 aliphatic carbocycles. The molecule has 0 heterocycles. The highest BCUT2D eigenvalue weighted by Crippen LogP contribution is 2.33. The molecule has 0 saturated carbocycles. The molecule has 3 N–H and O–H groups in total. The molecule has 0 spiro atoms. The van der Waals surface area contributed by atoms with Gasteiger partial charge in [0.1, 0.15) is 0 Å². The van der Waals surface area contributed by atoms with Crippen LogP contribution in [0, 0.1) is 0 Å². The van der Waals surface area contributed by atoms with Crippen LogP contribution in [-0.4, -0.2) is 11.7 Å². The molecule has 0 aliphatic heterocycles. The van der Waals surface area contributed by atoms with Gasteiger partial charge in [-0.15, -0.1) is 0 Å². The molecular formula is C11H14BrNO. The second-order valence-corrected chi connectivity index (χ2v) is 4.59. The summed E-state index contributed by atoms with van der Waals surface area (Å²) in [5.74, 6) is 0. The van der Waals surface area contributed by atoms with Crippen LogP contribution in [0.25, 0.3) is 0 Å². The second kappa shape index (κ2) is 4.01. The lowest BCUT2D eigenvalue weighted by Gasteiger charge is -2.14. The molecular weight excluding hydrogens is 242 g/mol. The van der Waals surface area contributed by atoms with Crippen molar-refractivity contribution in [1.29, 1.82) is 0 Å². The molecule has 1 atom stereocenters. The second-order valence-electron chi connectivity index (χ2n) is 3.74. The van der Waals surface area contributed by atoms with Crippen LogP contribution in [0.4, 0.5) is 0 Å². The number of fused-ring (bicyclic) bond motifs is 1. The van der Waals surface area contributed by atoms with Gasteiger partial charge in [0.05, 0.1) is 12.6 Å². The van der Waals surface area contributed by atoms with Crippen molar-refractivity contribution in [2.75, 3.05) is 6.61 Å². The Kier molecular flexibility index (Phi) is 2.91. The molecule has 2 nitrogen and oxygen atoms in total. The summed E-state index contributed by atoms with van der Waals surface area (Å²) in [4.78, 5) is 0. The van der Waals surface area contributed by atoms with Crippen LogP contribution < -0.4 is 5.73 Å². The van der Waals surface area contributed by atoms with Crippen LogP contribution in [0.2, 0.25) is 0 Å². The zero-order valence-corrected chi connectivity index (χ0v) is 9.55. The van der Waals surface area contributed by atoms with Gasteiger partial charge < -0.3 is 10.8 Å². The first kappa shape index (κ1) is 10.1. The van der Waals surface area contributed by atoms with Gasteiger partial charge in [0.15, 0.2) is 0 Å². The first-order chi connectivity index (χ1) is 6.74. The van der Waals surface area contributed by atoms with E-state index in [2.05, 4.69) is 15.9 Å². The molecule has 0 aromatic heterocycles. The van der Waals surface area contributed by atoms with Crippen molar-refractivity contribution in [3.8, 4) is 0 Å². The minimum atomic E-state index is -0.227. The molecule has 1 aliphatic rings. The lowest BCUT2D eigenvalue weighted by Crippen LogP contribution is -2.16. The number of nitrogens with two attached hydrogens (primary N) is 1. The maximum absolute atomic E-state index is 9.05. The van der Waals surface area contributed by atoms with Crippen LogP contribution in [0.1, 0.15) is 29.2 Å². The van der Waals surface area contributed by atoms with E-state index < -0.39 is 0 Å². The van der Waals surface area contributed by atoms with Crippen LogP contribution in [0.15, 0.2) is 16.6 Å². The number of rotatable bonds is 2. The predicted molar refractivity (Wildman–Crippen MR) is 60.2 cm³/mol. The maximum Gasteiger partial charge on any atom is 0.0624 e. The molecule has 1 unspecified atom stereocenters. The Morgan fingerprint density at radius 1 is 1.36 bits per heavy atom. The van der Waals surface area contributed by atoms with E-state index in [-0.39, 0.29) is 12.6 Å². The third kappa shape index (κ3) is 1.60. The van der Waals surface area contributed by atoms with E-state index in [0.29, 0.717) is 0 Å². The summed E-state index contributed by atoms with van der Waals surface area (Å²) in [6.07, 6.45) is 3.42. The number of hydrogen-bond donors (Lipinski definition) is 2. The van der Waals surface area contributed by atoms with Crippen molar-refractivity contribution in [2.24, 2.45) is 5.73 Å². The van der Waals surface area contributed by atoms with E-state index >= 15 is 0 Å². The summed E-state index contributed by atoms with van der Waals surface area (Å²) in [6.45, 7) is 0.0219. The maximum atomic E-state index is 9.05. The van der Waals surface area contributed by atoms with Gasteiger partial charge in [-0.25, -0.2) is 0 Å². The number of halogens is 1. The van der Waals surface area contributed by atoms with Crippen molar-refractivity contribution < 1.29 is 5.11 Å². The van der Waals surface area contributed by atoms with E-state index in [1.165, 1.54) is 22.0 Å². The van der Waals surface area contributed by atoms with E-state index in [9.17, 15) is 0 Å². The summed E-state index contributed by atoms with van der Waals surface area (Å²) < 4.78 is 1.18. The summed E-state index contributed by atoms with van der Waals surface area (Å²) in [5.41, 5.74) is 9.70. The highest BCUT2D eigenvalue weighted by Gasteiger charge is 2.20. The van der Waals surface area contributed by atoms with Crippen molar-refractivity contribution in [2.45, 2.75) is 25.3 Å². The fourth-order valence-electron chi connectivity index (χ4n) is 2.14. The number of aliphatic hydroxyl groups is 1. The summed E-state index contributed by atoms with van der Waals surface area (Å²) >= 11 is 3.55. The van der Waals surface area contributed by atoms with Crippen molar-refractivity contribution in [1.82, 2.24) is 0 Å². The van der Waals surface area contributed by atoms with Crippen molar-refractivity contribution >= 4 is 15.9 Å². The summed E-state index contributed by atoms with van der Waals surface area (Å²) in [6, 6.07) is 3.83. The van der Waals surface area contributed by atoms with E-state index in [1.54, 1.807) is 0 Å². The van der Waals surface area contributed by atoms with E-state index in [1.807, 2.05) is 12.1 Å². The largest absolute Gasteiger partial charge is 0.394 e. The highest BCUT2D eigenvalue weighted by atomic mass is 79.9. The van der Waals surface area contributed by atoms with Crippen LogP contribution >= 0.6 is 15.9 Å². The van der Waals surface area contributed by atoms with Gasteiger partial charge in [0, 0.05) is 4.47 Å². The van der Waals surface area contributed by atoms with Gasteiger partial charge in [0.2, 0.25) is 0 Å². The zero-order chi connectivity index (χ0) is 10.1. The van der Waals surface area contributed by atoms with Gasteiger partial charge in [-0.05, 0) is 42.0 Å². The molecule has 0 saturated heterocycles. The van der Waals surface area contributed by atoms with E-state index in [4.69, 9.17) is 10.8 Å². The average Bonchev–Trinajstić information content (AvgIpc) is 2.67. The fraction of sp³-hybridized carbons (Fsp3) is 0.455. The topological polar surface area (TPSA) is 46.2 Å². The minimum Gasteiger partial charge on any atom is -0.394 e. The van der Waals surface area contributed by atoms with Crippen molar-refractivity contribution in [3.63, 3.8) is 0 Å². The van der Waals surface area contributed by atoms with Crippen molar-refractivity contribution in [3.05, 3.63) is 33.3 Å². The van der Waals surface area contributed by atoms with Gasteiger partial charge >= 0.3 is 0 Å². The number of benzene rings is 1. The zero-order valence-electron chi connectivity index (χ0n) is 7.96. The van der Waals surface area contributed by atoms with Crippen LogP contribution in [0.5, 0.6) is 0 Å². The first-order valence-electron chi connectivity index (χ1n) is 4.90. The average molecular weight is 256 g/mol. The Balaban J connectivity index is 2.48. The van der Waals surface area contributed by atoms with Gasteiger partial charge in [-0.1, -0.05) is 22.0 Å². The fourth-order valence-corrected chi connectivity index (χ4v) is 2.71. The van der Waals surface area contributed by atoms with Gasteiger partial charge in [-0.3, -0.25) is 0 Å². The number of aliphatic hydroxyl groups excluding tert-OH is 1. The SMILES string of the molecule is NC(CO)c1ccc(Br)c2c1CCC2. The molecule has 0 fully saturated rings. The first-order valence-corrected chi connectivity index (χ1v) is 5.70. The summed E-state index contributed by atoms with van der Waals surface area (Å²) in [7, 11) is 0. The predicted octanol–water partition coefficient (Wildman–Crippen LogP) is 1.93. The summed E-state index contributed by atoms with van der Waals surface area (Å²) in [5, 5.41) is 9.05. The van der Waals surface area contributed by atoms with Gasteiger partial charge in [-0.2, -0.15) is 0 Å². The highest BCUT2D eigenvalue weighted by molar-refractivity contribution is 9.10. The third-order valence-electron chi connectivity index (χ3n) is 2.86. The van der Waals surface area contributed by atoms with Gasteiger partial charge in [0.25, 0.3) is 0 Å². The Bertz CT molecular complexity index is 351. The Labute approximate surface area is 92.3 Å². The Morgan fingerprint density at radius 2 is 2.07 bits per heavy atom. The molecule has 2 rings (SSSR count). The standard InChI is InChI=1S/C11H14BrNO/c12-10-5-4-9(11(13)6-14)7-2-1-3-8(7)10/h4-5,11,14H,1-3,6,13H2. The van der Waals surface area contributed by atoms with Crippen LogP contribution in [-0.2, 0) is 12.8 Å². The molecule has 0 amide bonds. The molecule has 14 heavy (non-hydrogen) atoms. The lowest BCUT2D eigenvalue weighted by atomic mass is 9.98. The minimum absolute atomic E-state index is 0.0219. The normalized spacial score (nSPS) is 16.8. The van der Waals surface area contributed by atoms with E-state index in [0.717, 1.165) is 18.4 Å². The molecule has 3 heteroatoms. The lowest BCUT2D eigenvalue weighted by molar-refractivity contribution is 0.267. The quantitative estimate of drug-likeness (QED) is 0.849. The molecule has 1 aromatic rings. The molecule has 76 valence electrons. The number of hydrogen-bond acceptors (Lipinski definition) is 2. The molecule has 0 bridgehead atoms. The third-order valence-corrected chi connectivity index (χ3v) is 3.60. The molecule has 0 radical (unpaired) electrons. The molecule has 1 aromatic carbocycles. The Morgan fingerprint density at radius 3 is 2.79 bits per heavy atom. The smallest absolute Gasteiger partial charge is 0.0624 e. The van der Waals surface area contributed by atoms with Crippen LogP contribution in [0.3, 0.4) is 0 Å². The monoisotopic (exact) mass is 255 g/mol. The Hall–Kier alpha value is -0.380.